The van der Waals surface area contributed by atoms with Crippen LogP contribution in [0.2, 0.25) is 0 Å². The Morgan fingerprint density at radius 1 is 1.07 bits per heavy atom. The molecule has 2 aromatic carbocycles. The summed E-state index contributed by atoms with van der Waals surface area (Å²) in [5.74, 6) is -0.331. The summed E-state index contributed by atoms with van der Waals surface area (Å²) in [5, 5.41) is 9.87. The summed E-state index contributed by atoms with van der Waals surface area (Å²) in [6.45, 7) is 8.24. The second kappa shape index (κ2) is 13.4. The Kier molecular flexibility index (Phi) is 10.2. The number of aryl methyl sites for hydroxylation is 1. The maximum atomic E-state index is 13.4. The first-order chi connectivity index (χ1) is 19.2. The highest BCUT2D eigenvalue weighted by Crippen LogP contribution is 2.38. The lowest BCUT2D eigenvalue weighted by Gasteiger charge is -2.39. The van der Waals surface area contributed by atoms with Gasteiger partial charge in [0.15, 0.2) is 11.0 Å². The summed E-state index contributed by atoms with van der Waals surface area (Å²) in [6, 6.07) is 14.3. The number of carboxylic acid groups (broad SMARTS) is 1. The molecule has 1 N–H and O–H groups in total. The van der Waals surface area contributed by atoms with E-state index in [1.807, 2.05) is 32.0 Å². The van der Waals surface area contributed by atoms with Crippen LogP contribution in [0, 0.1) is 6.92 Å². The van der Waals surface area contributed by atoms with Gasteiger partial charge in [-0.15, -0.1) is 0 Å². The van der Waals surface area contributed by atoms with E-state index in [4.69, 9.17) is 18.9 Å². The summed E-state index contributed by atoms with van der Waals surface area (Å²) in [4.78, 5) is 12.1. The molecule has 2 saturated heterocycles. The Balaban J connectivity index is 1.42. The lowest BCUT2D eigenvalue weighted by Crippen LogP contribution is -2.57. The molecule has 2 fully saturated rings. The number of carbonyl (C=O) groups is 1. The fraction of sp³-hybridized carbons (Fsp3) is 0.567. The smallest absolute Gasteiger partial charge is 0.326 e. The van der Waals surface area contributed by atoms with Gasteiger partial charge in [-0.05, 0) is 73.9 Å². The predicted octanol–water partition coefficient (Wildman–Crippen LogP) is 4.58. The number of sulfonamides is 1. The van der Waals surface area contributed by atoms with Gasteiger partial charge in [-0.25, -0.2) is 12.7 Å². The molecule has 2 aromatic rings. The van der Waals surface area contributed by atoms with Crippen LogP contribution in [0.4, 0.5) is 0 Å². The second-order valence-electron chi connectivity index (χ2n) is 10.3. The topological polar surface area (TPSA) is 112 Å². The Hall–Kier alpha value is -2.50. The van der Waals surface area contributed by atoms with Crippen LogP contribution in [0.15, 0.2) is 42.5 Å². The monoisotopic (exact) mass is 575 g/mol. The van der Waals surface area contributed by atoms with Crippen molar-refractivity contribution in [2.75, 3.05) is 46.1 Å². The Morgan fingerprint density at radius 3 is 2.35 bits per heavy atom. The molecule has 0 radical (unpaired) electrons. The molecule has 0 atom stereocenters. The van der Waals surface area contributed by atoms with Gasteiger partial charge in [0, 0.05) is 52.4 Å². The van der Waals surface area contributed by atoms with Crippen molar-refractivity contribution in [2.24, 2.45) is 0 Å². The van der Waals surface area contributed by atoms with E-state index in [1.165, 1.54) is 9.87 Å². The summed E-state index contributed by atoms with van der Waals surface area (Å²) in [7, 11) is -4.00. The standard InChI is InChI=1S/C30H41NO8S/c1-4-37-28(38-5-2)21-39-26-8-6-7-25(20-26)27-10-9-24(19-22(27)3)23-11-15-31(16-12-23)40(34,35)30(29(32)33)13-17-36-18-14-30/h6-10,19-20,23,28H,4-5,11-18,21H2,1-3H3,(H,32,33). The van der Waals surface area contributed by atoms with Gasteiger partial charge < -0.3 is 24.1 Å². The van der Waals surface area contributed by atoms with Crippen LogP contribution in [-0.2, 0) is 29.0 Å². The van der Waals surface area contributed by atoms with Gasteiger partial charge >= 0.3 is 5.97 Å². The van der Waals surface area contributed by atoms with E-state index in [1.54, 1.807) is 0 Å². The van der Waals surface area contributed by atoms with Gasteiger partial charge in [-0.2, -0.15) is 0 Å². The summed E-state index contributed by atoms with van der Waals surface area (Å²) in [5.41, 5.74) is 4.43. The molecule has 220 valence electrons. The molecule has 0 aliphatic carbocycles. The number of piperidine rings is 1. The quantitative estimate of drug-likeness (QED) is 0.366. The lowest BCUT2D eigenvalue weighted by atomic mass is 9.87. The van der Waals surface area contributed by atoms with Crippen molar-refractivity contribution in [2.45, 2.75) is 63.4 Å². The highest BCUT2D eigenvalue weighted by molar-refractivity contribution is 7.91. The van der Waals surface area contributed by atoms with Gasteiger partial charge in [0.05, 0.1) is 0 Å². The zero-order valence-corrected chi connectivity index (χ0v) is 24.5. The zero-order chi connectivity index (χ0) is 28.8. The number of carboxylic acids is 1. The van der Waals surface area contributed by atoms with Crippen LogP contribution >= 0.6 is 0 Å². The fourth-order valence-corrected chi connectivity index (χ4v) is 7.75. The molecule has 9 nitrogen and oxygen atoms in total. The third-order valence-electron chi connectivity index (χ3n) is 7.94. The Labute approximate surface area is 237 Å². The first-order valence-corrected chi connectivity index (χ1v) is 15.5. The van der Waals surface area contributed by atoms with Gasteiger partial charge in [-0.3, -0.25) is 4.79 Å². The van der Waals surface area contributed by atoms with E-state index in [2.05, 4.69) is 31.2 Å². The van der Waals surface area contributed by atoms with Gasteiger partial charge in [0.1, 0.15) is 12.4 Å². The van der Waals surface area contributed by atoms with E-state index in [0.717, 1.165) is 22.4 Å². The molecule has 2 aliphatic heterocycles. The number of benzene rings is 2. The fourth-order valence-electron chi connectivity index (χ4n) is 5.66. The van der Waals surface area contributed by atoms with Crippen molar-refractivity contribution in [3.8, 4) is 16.9 Å². The number of ether oxygens (including phenoxy) is 4. The minimum absolute atomic E-state index is 0.0168. The molecule has 0 bridgehead atoms. The molecule has 0 amide bonds. The van der Waals surface area contributed by atoms with Crippen LogP contribution in [0.1, 0.15) is 56.6 Å². The first-order valence-electron chi connectivity index (χ1n) is 14.1. The van der Waals surface area contributed by atoms with Crippen molar-refractivity contribution in [3.05, 3.63) is 53.6 Å². The van der Waals surface area contributed by atoms with Crippen molar-refractivity contribution in [1.82, 2.24) is 4.31 Å². The summed E-state index contributed by atoms with van der Waals surface area (Å²) in [6.07, 6.45) is 0.851. The third-order valence-corrected chi connectivity index (χ3v) is 10.6. The summed E-state index contributed by atoms with van der Waals surface area (Å²) < 4.78 is 48.8. The van der Waals surface area contributed by atoms with Crippen molar-refractivity contribution < 1.29 is 37.3 Å². The number of hydrogen-bond acceptors (Lipinski definition) is 7. The van der Waals surface area contributed by atoms with E-state index in [0.29, 0.717) is 45.8 Å². The van der Waals surface area contributed by atoms with Crippen LogP contribution in [-0.4, -0.2) is 81.0 Å². The molecule has 0 spiro atoms. The maximum absolute atomic E-state index is 13.4. The number of nitrogens with zero attached hydrogens (tertiary/aromatic N) is 1. The van der Waals surface area contributed by atoms with Crippen LogP contribution in [0.25, 0.3) is 11.1 Å². The molecule has 0 aromatic heterocycles. The predicted molar refractivity (Wildman–Crippen MR) is 152 cm³/mol. The average molecular weight is 576 g/mol. The van der Waals surface area contributed by atoms with Gasteiger partial charge in [0.25, 0.3) is 0 Å². The van der Waals surface area contributed by atoms with Crippen molar-refractivity contribution >= 4 is 16.0 Å². The minimum atomic E-state index is -4.00. The van der Waals surface area contributed by atoms with Crippen molar-refractivity contribution in [3.63, 3.8) is 0 Å². The third kappa shape index (κ3) is 6.52. The average Bonchev–Trinajstić information content (AvgIpc) is 2.96. The number of rotatable bonds is 12. The highest BCUT2D eigenvalue weighted by Gasteiger charge is 2.54. The molecule has 2 heterocycles. The van der Waals surface area contributed by atoms with Crippen molar-refractivity contribution in [1.29, 1.82) is 0 Å². The lowest BCUT2D eigenvalue weighted by molar-refractivity contribution is -0.152. The largest absolute Gasteiger partial charge is 0.488 e. The molecular weight excluding hydrogens is 534 g/mol. The van der Waals surface area contributed by atoms with Crippen LogP contribution < -0.4 is 4.74 Å². The Bertz CT molecular complexity index is 1240. The molecule has 0 saturated carbocycles. The minimum Gasteiger partial charge on any atom is -0.488 e. The zero-order valence-electron chi connectivity index (χ0n) is 23.6. The Morgan fingerprint density at radius 2 is 1.75 bits per heavy atom. The van der Waals surface area contributed by atoms with Gasteiger partial charge in [-0.1, -0.05) is 30.3 Å². The molecule has 10 heteroatoms. The molecule has 0 unspecified atom stereocenters. The molecule has 40 heavy (non-hydrogen) atoms. The van der Waals surface area contributed by atoms with Gasteiger partial charge in [0.2, 0.25) is 10.0 Å². The van der Waals surface area contributed by atoms with E-state index < -0.39 is 27.0 Å². The number of aliphatic carboxylic acids is 1. The normalized spacial score (nSPS) is 18.6. The second-order valence-corrected chi connectivity index (χ2v) is 12.6. The van der Waals surface area contributed by atoms with E-state index in [9.17, 15) is 18.3 Å². The number of hydrogen-bond donors (Lipinski definition) is 1. The highest BCUT2D eigenvalue weighted by atomic mass is 32.2. The van der Waals surface area contributed by atoms with Crippen LogP contribution in [0.5, 0.6) is 5.75 Å². The SMILES string of the molecule is CCOC(COc1cccc(-c2ccc(C3CCN(S(=O)(=O)C4(C(=O)O)CCOCC4)CC3)cc2C)c1)OCC. The summed E-state index contributed by atoms with van der Waals surface area (Å²) >= 11 is 0. The first kappa shape index (κ1) is 30.5. The molecule has 2 aliphatic rings. The molecule has 4 rings (SSSR count). The van der Waals surface area contributed by atoms with Crippen LogP contribution in [0.3, 0.4) is 0 Å². The maximum Gasteiger partial charge on any atom is 0.326 e. The van der Waals surface area contributed by atoms with E-state index >= 15 is 0 Å². The molecular formula is C30H41NO8S. The van der Waals surface area contributed by atoms with E-state index in [-0.39, 0.29) is 32.0 Å².